The van der Waals surface area contributed by atoms with Crippen molar-refractivity contribution >= 4 is 5.78 Å². The molecule has 2 unspecified atom stereocenters. The third-order valence-corrected chi connectivity index (χ3v) is 6.67. The van der Waals surface area contributed by atoms with Gasteiger partial charge in [-0.3, -0.25) is 4.79 Å². The molecule has 4 aliphatic carbocycles. The number of rotatable bonds is 4. The van der Waals surface area contributed by atoms with E-state index in [4.69, 9.17) is 0 Å². The highest BCUT2D eigenvalue weighted by molar-refractivity contribution is 5.99. The summed E-state index contributed by atoms with van der Waals surface area (Å²) in [5.74, 6) is 0.410. The average Bonchev–Trinajstić information content (AvgIpc) is 2.75. The molecule has 0 saturated carbocycles. The topological polar surface area (TPSA) is 17.1 Å². The highest BCUT2D eigenvalue weighted by atomic mass is 16.1. The Morgan fingerprint density at radius 3 is 1.54 bits per heavy atom. The van der Waals surface area contributed by atoms with Crippen LogP contribution in [0.3, 0.4) is 0 Å². The molecule has 0 N–H and O–H groups in total. The molecule has 0 radical (unpaired) electrons. The molecule has 0 fully saturated rings. The van der Waals surface area contributed by atoms with Crippen LogP contribution in [-0.4, -0.2) is 5.78 Å². The van der Waals surface area contributed by atoms with Crippen LogP contribution in [0.5, 0.6) is 0 Å². The van der Waals surface area contributed by atoms with Crippen LogP contribution < -0.4 is 0 Å². The van der Waals surface area contributed by atoms with Crippen molar-refractivity contribution in [1.29, 1.82) is 0 Å². The Morgan fingerprint density at radius 2 is 1.19 bits per heavy atom. The molecule has 0 spiro atoms. The highest BCUT2D eigenvalue weighted by Gasteiger charge is 2.50. The van der Waals surface area contributed by atoms with E-state index in [1.54, 1.807) is 0 Å². The molecule has 4 aliphatic rings. The van der Waals surface area contributed by atoms with Gasteiger partial charge in [0, 0.05) is 0 Å². The van der Waals surface area contributed by atoms with Crippen molar-refractivity contribution in [3.05, 3.63) is 71.9 Å². The van der Waals surface area contributed by atoms with Gasteiger partial charge in [0.05, 0.1) is 10.8 Å². The van der Waals surface area contributed by atoms with Crippen LogP contribution in [0.25, 0.3) is 0 Å². The zero-order valence-corrected chi connectivity index (χ0v) is 15.8. The van der Waals surface area contributed by atoms with E-state index < -0.39 is 10.8 Å². The summed E-state index contributed by atoms with van der Waals surface area (Å²) in [6.07, 6.45) is 32.9. The van der Waals surface area contributed by atoms with Crippen molar-refractivity contribution < 1.29 is 4.79 Å². The number of hydrogen-bond acceptors (Lipinski definition) is 1. The Morgan fingerprint density at radius 1 is 0.692 bits per heavy atom. The lowest BCUT2D eigenvalue weighted by Gasteiger charge is -2.44. The molecule has 0 saturated heterocycles. The number of Topliss-reactive ketones (excluding diaryl/α,β-unsaturated/α-hetero) is 1. The SMILES string of the molecule is O=C(C1(C2=CCCCC2)C=CC=CC1)C1(C2=CCCCC2)C=CC=CC1. The summed E-state index contributed by atoms with van der Waals surface area (Å²) in [6, 6.07) is 0. The molecule has 0 aromatic heterocycles. The summed E-state index contributed by atoms with van der Waals surface area (Å²) in [5.41, 5.74) is 1.85. The fourth-order valence-corrected chi connectivity index (χ4v) is 5.23. The second-order valence-corrected chi connectivity index (χ2v) is 8.20. The summed E-state index contributed by atoms with van der Waals surface area (Å²) in [4.78, 5) is 14.3. The third-order valence-electron chi connectivity index (χ3n) is 6.67. The smallest absolute Gasteiger partial charge is 0.161 e. The Hall–Kier alpha value is -1.89. The molecule has 0 aromatic rings. The summed E-state index contributed by atoms with van der Waals surface area (Å²) in [5, 5.41) is 0. The van der Waals surface area contributed by atoms with E-state index in [-0.39, 0.29) is 0 Å². The normalized spacial score (nSPS) is 33.7. The first-order valence-electron chi connectivity index (χ1n) is 10.4. The first-order chi connectivity index (χ1) is 12.8. The fraction of sp³-hybridized carbons (Fsp3) is 0.480. The first kappa shape index (κ1) is 17.5. The van der Waals surface area contributed by atoms with E-state index in [0.29, 0.717) is 5.78 Å². The molecule has 136 valence electrons. The molecule has 26 heavy (non-hydrogen) atoms. The van der Waals surface area contributed by atoms with Gasteiger partial charge >= 0.3 is 0 Å². The molecule has 1 nitrogen and oxygen atoms in total. The van der Waals surface area contributed by atoms with E-state index in [0.717, 1.165) is 38.5 Å². The molecule has 4 rings (SSSR count). The van der Waals surface area contributed by atoms with E-state index in [1.807, 2.05) is 0 Å². The number of allylic oxidation sites excluding steroid dienone is 12. The van der Waals surface area contributed by atoms with Crippen molar-refractivity contribution in [3.63, 3.8) is 0 Å². The number of carbonyl (C=O) groups is 1. The quantitative estimate of drug-likeness (QED) is 0.527. The van der Waals surface area contributed by atoms with E-state index in [2.05, 4.69) is 60.8 Å². The van der Waals surface area contributed by atoms with Crippen LogP contribution in [0.15, 0.2) is 71.9 Å². The first-order valence-corrected chi connectivity index (χ1v) is 10.4. The van der Waals surface area contributed by atoms with Gasteiger partial charge in [-0.1, -0.05) is 71.9 Å². The van der Waals surface area contributed by atoms with Crippen LogP contribution in [0, 0.1) is 10.8 Å². The lowest BCUT2D eigenvalue weighted by molar-refractivity contribution is -0.131. The van der Waals surface area contributed by atoms with Gasteiger partial charge in [0.2, 0.25) is 0 Å². The Kier molecular flexibility index (Phi) is 4.98. The highest BCUT2D eigenvalue weighted by Crippen LogP contribution is 2.52. The zero-order chi connectivity index (χ0) is 17.9. The summed E-state index contributed by atoms with van der Waals surface area (Å²) >= 11 is 0. The van der Waals surface area contributed by atoms with E-state index in [9.17, 15) is 4.79 Å². The molecule has 0 heterocycles. The Balaban J connectivity index is 1.80. The number of hydrogen-bond donors (Lipinski definition) is 0. The third kappa shape index (κ3) is 2.92. The maximum atomic E-state index is 14.3. The minimum atomic E-state index is -0.441. The minimum Gasteiger partial charge on any atom is -0.297 e. The van der Waals surface area contributed by atoms with Gasteiger partial charge < -0.3 is 0 Å². The molecule has 0 bridgehead atoms. The molecular weight excluding hydrogens is 316 g/mol. The summed E-state index contributed by atoms with van der Waals surface area (Å²) in [6.45, 7) is 0. The van der Waals surface area contributed by atoms with Gasteiger partial charge in [-0.15, -0.1) is 0 Å². The molecule has 1 heteroatoms. The minimum absolute atomic E-state index is 0.410. The fourth-order valence-electron chi connectivity index (χ4n) is 5.23. The monoisotopic (exact) mass is 346 g/mol. The molecule has 0 amide bonds. The maximum absolute atomic E-state index is 14.3. The summed E-state index contributed by atoms with van der Waals surface area (Å²) < 4.78 is 0. The largest absolute Gasteiger partial charge is 0.297 e. The maximum Gasteiger partial charge on any atom is 0.161 e. The lowest BCUT2D eigenvalue weighted by atomic mass is 9.57. The van der Waals surface area contributed by atoms with Crippen LogP contribution >= 0.6 is 0 Å². The van der Waals surface area contributed by atoms with Gasteiger partial charge in [-0.05, 0) is 64.2 Å². The van der Waals surface area contributed by atoms with Crippen molar-refractivity contribution in [1.82, 2.24) is 0 Å². The van der Waals surface area contributed by atoms with Crippen molar-refractivity contribution in [2.75, 3.05) is 0 Å². The summed E-state index contributed by atoms with van der Waals surface area (Å²) in [7, 11) is 0. The van der Waals surface area contributed by atoms with Gasteiger partial charge in [0.1, 0.15) is 0 Å². The molecular formula is C25H30O. The van der Waals surface area contributed by atoms with Gasteiger partial charge in [0.15, 0.2) is 5.78 Å². The van der Waals surface area contributed by atoms with E-state index >= 15 is 0 Å². The van der Waals surface area contributed by atoms with Gasteiger partial charge in [-0.2, -0.15) is 0 Å². The van der Waals surface area contributed by atoms with Crippen LogP contribution in [0.2, 0.25) is 0 Å². The number of ketones is 1. The van der Waals surface area contributed by atoms with Crippen molar-refractivity contribution in [3.8, 4) is 0 Å². The second-order valence-electron chi connectivity index (χ2n) is 8.20. The predicted octanol–water partition coefficient (Wildman–Crippen LogP) is 6.56. The molecule has 0 aromatic carbocycles. The zero-order valence-electron chi connectivity index (χ0n) is 15.8. The standard InChI is InChI=1S/C25H30O/c26-23(24(17-9-3-10-18-24)21-13-5-1-6-14-21)25(19-11-4-12-20-25)22-15-7-2-8-16-22/h3-4,9-13,15,17,19H,1-2,5-8,14,16,18,20H2. The predicted molar refractivity (Wildman–Crippen MR) is 109 cm³/mol. The van der Waals surface area contributed by atoms with Gasteiger partial charge in [0.25, 0.3) is 0 Å². The second kappa shape index (κ2) is 7.39. The number of carbonyl (C=O) groups excluding carboxylic acids is 1. The Labute approximate surface area is 157 Å². The van der Waals surface area contributed by atoms with Crippen molar-refractivity contribution in [2.24, 2.45) is 10.8 Å². The van der Waals surface area contributed by atoms with Crippen LogP contribution in [0.1, 0.15) is 64.2 Å². The molecule has 0 aliphatic heterocycles. The van der Waals surface area contributed by atoms with Crippen molar-refractivity contribution in [2.45, 2.75) is 64.2 Å². The lowest BCUT2D eigenvalue weighted by Crippen LogP contribution is -2.45. The van der Waals surface area contributed by atoms with Gasteiger partial charge in [-0.25, -0.2) is 0 Å². The van der Waals surface area contributed by atoms with Crippen LogP contribution in [-0.2, 0) is 4.79 Å². The molecule has 2 atom stereocenters. The van der Waals surface area contributed by atoms with E-state index in [1.165, 1.54) is 36.8 Å². The average molecular weight is 347 g/mol. The Bertz CT molecular complexity index is 680. The van der Waals surface area contributed by atoms with Crippen LogP contribution in [0.4, 0.5) is 0 Å².